The summed E-state index contributed by atoms with van der Waals surface area (Å²) in [6.45, 7) is 2.62. The number of rotatable bonds is 6. The van der Waals surface area contributed by atoms with Crippen LogP contribution in [0, 0.1) is 0 Å². The molecule has 6 heteroatoms. The number of nitrogens with zero attached hydrogens (tertiary/aromatic N) is 2. The lowest BCUT2D eigenvalue weighted by Crippen LogP contribution is -2.23. The van der Waals surface area contributed by atoms with Crippen LogP contribution in [0.5, 0.6) is 0 Å². The Morgan fingerprint density at radius 1 is 1.12 bits per heavy atom. The molecule has 0 aliphatic rings. The normalized spacial score (nSPS) is 10.8. The van der Waals surface area contributed by atoms with Gasteiger partial charge in [0.15, 0.2) is 5.16 Å². The number of benzene rings is 2. The molecule has 0 N–H and O–H groups in total. The van der Waals surface area contributed by atoms with Crippen molar-refractivity contribution >= 4 is 28.6 Å². The highest BCUT2D eigenvalue weighted by molar-refractivity contribution is 7.99. The van der Waals surface area contributed by atoms with Gasteiger partial charge < -0.3 is 4.74 Å². The molecule has 0 atom stereocenters. The lowest BCUT2D eigenvalue weighted by molar-refractivity contribution is -0.141. The van der Waals surface area contributed by atoms with Gasteiger partial charge in [0.05, 0.1) is 16.7 Å². The molecule has 1 heterocycles. The average molecular weight is 354 g/mol. The Balaban J connectivity index is 1.70. The van der Waals surface area contributed by atoms with E-state index in [4.69, 9.17) is 4.74 Å². The fraction of sp³-hybridized carbons (Fsp3) is 0.211. The molecule has 25 heavy (non-hydrogen) atoms. The Bertz CT molecular complexity index is 938. The SMILES string of the molecule is CCn1c(SCC(=O)OCc2ccccc2)nc2ccccc2c1=O. The molecule has 0 spiro atoms. The number of carbonyl (C=O) groups excluding carboxylic acids is 1. The molecule has 5 nitrogen and oxygen atoms in total. The molecule has 0 saturated carbocycles. The second-order valence-electron chi connectivity index (χ2n) is 5.40. The molecule has 0 unspecified atom stereocenters. The Labute approximate surface area is 149 Å². The second-order valence-corrected chi connectivity index (χ2v) is 6.34. The van der Waals surface area contributed by atoms with E-state index in [1.807, 2.05) is 49.4 Å². The van der Waals surface area contributed by atoms with Crippen LogP contribution in [0.4, 0.5) is 0 Å². The van der Waals surface area contributed by atoms with E-state index in [0.717, 1.165) is 5.56 Å². The van der Waals surface area contributed by atoms with Gasteiger partial charge >= 0.3 is 5.97 Å². The van der Waals surface area contributed by atoms with Crippen molar-refractivity contribution in [1.29, 1.82) is 0 Å². The number of hydrogen-bond donors (Lipinski definition) is 0. The zero-order valence-electron chi connectivity index (χ0n) is 13.8. The van der Waals surface area contributed by atoms with E-state index in [-0.39, 0.29) is 23.9 Å². The van der Waals surface area contributed by atoms with Crippen molar-refractivity contribution in [1.82, 2.24) is 9.55 Å². The van der Waals surface area contributed by atoms with E-state index >= 15 is 0 Å². The van der Waals surface area contributed by atoms with Gasteiger partial charge in [0.2, 0.25) is 0 Å². The topological polar surface area (TPSA) is 61.2 Å². The summed E-state index contributed by atoms with van der Waals surface area (Å²) < 4.78 is 6.85. The highest BCUT2D eigenvalue weighted by atomic mass is 32.2. The van der Waals surface area contributed by atoms with Crippen LogP contribution >= 0.6 is 11.8 Å². The first-order chi connectivity index (χ1) is 12.2. The van der Waals surface area contributed by atoms with Gasteiger partial charge in [-0.05, 0) is 24.6 Å². The van der Waals surface area contributed by atoms with Gasteiger partial charge in [-0.25, -0.2) is 4.98 Å². The minimum Gasteiger partial charge on any atom is -0.460 e. The summed E-state index contributed by atoms with van der Waals surface area (Å²) in [4.78, 5) is 29.0. The second kappa shape index (κ2) is 7.98. The number of fused-ring (bicyclic) bond motifs is 1. The number of thioether (sulfide) groups is 1. The Kier molecular flexibility index (Phi) is 5.50. The van der Waals surface area contributed by atoms with Crippen LogP contribution in [0.3, 0.4) is 0 Å². The Hall–Kier alpha value is -2.60. The first-order valence-corrected chi connectivity index (χ1v) is 8.99. The quantitative estimate of drug-likeness (QED) is 0.386. The minimum absolute atomic E-state index is 0.0896. The van der Waals surface area contributed by atoms with Crippen LogP contribution in [-0.2, 0) is 22.7 Å². The molecule has 3 rings (SSSR count). The molecule has 0 amide bonds. The molecule has 2 aromatic carbocycles. The number of esters is 1. The van der Waals surface area contributed by atoms with Crippen molar-refractivity contribution in [2.75, 3.05) is 5.75 Å². The van der Waals surface area contributed by atoms with E-state index in [0.29, 0.717) is 22.6 Å². The number of para-hydroxylation sites is 1. The van der Waals surface area contributed by atoms with Crippen LogP contribution in [0.2, 0.25) is 0 Å². The van der Waals surface area contributed by atoms with E-state index < -0.39 is 0 Å². The maximum Gasteiger partial charge on any atom is 0.316 e. The third-order valence-electron chi connectivity index (χ3n) is 3.70. The molecular weight excluding hydrogens is 336 g/mol. The Morgan fingerprint density at radius 2 is 1.84 bits per heavy atom. The van der Waals surface area contributed by atoms with E-state index in [1.165, 1.54) is 11.8 Å². The summed E-state index contributed by atoms with van der Waals surface area (Å²) in [5.74, 6) is -0.226. The summed E-state index contributed by atoms with van der Waals surface area (Å²) in [7, 11) is 0. The molecule has 0 aliphatic carbocycles. The number of ether oxygens (including phenoxy) is 1. The molecule has 0 radical (unpaired) electrons. The van der Waals surface area contributed by atoms with Crippen LogP contribution in [-0.4, -0.2) is 21.3 Å². The largest absolute Gasteiger partial charge is 0.460 e. The molecule has 0 aliphatic heterocycles. The van der Waals surface area contributed by atoms with Gasteiger partial charge in [0, 0.05) is 6.54 Å². The first-order valence-electron chi connectivity index (χ1n) is 8.01. The molecule has 1 aromatic heterocycles. The van der Waals surface area contributed by atoms with E-state index in [9.17, 15) is 9.59 Å². The van der Waals surface area contributed by atoms with Crippen LogP contribution < -0.4 is 5.56 Å². The van der Waals surface area contributed by atoms with Crippen LogP contribution in [0.1, 0.15) is 12.5 Å². The van der Waals surface area contributed by atoms with Gasteiger partial charge in [-0.1, -0.05) is 54.2 Å². The number of aromatic nitrogens is 2. The smallest absolute Gasteiger partial charge is 0.316 e. The molecule has 0 saturated heterocycles. The predicted molar refractivity (Wildman–Crippen MR) is 98.6 cm³/mol. The maximum atomic E-state index is 12.5. The lowest BCUT2D eigenvalue weighted by atomic mass is 10.2. The standard InChI is InChI=1S/C19H18N2O3S/c1-2-21-18(23)15-10-6-7-11-16(15)20-19(21)25-13-17(22)24-12-14-8-4-3-5-9-14/h3-11H,2,12-13H2,1H3. The zero-order valence-corrected chi connectivity index (χ0v) is 14.7. The third-order valence-corrected chi connectivity index (χ3v) is 4.65. The van der Waals surface area contributed by atoms with Crippen LogP contribution in [0.25, 0.3) is 10.9 Å². The molecule has 0 bridgehead atoms. The van der Waals surface area contributed by atoms with Gasteiger partial charge in [-0.2, -0.15) is 0 Å². The van der Waals surface area contributed by atoms with Gasteiger partial charge in [0.1, 0.15) is 6.61 Å². The number of carbonyl (C=O) groups is 1. The summed E-state index contributed by atoms with van der Waals surface area (Å²) in [6.07, 6.45) is 0. The fourth-order valence-electron chi connectivity index (χ4n) is 2.44. The van der Waals surface area contributed by atoms with Crippen molar-refractivity contribution in [3.63, 3.8) is 0 Å². The summed E-state index contributed by atoms with van der Waals surface area (Å²) in [5.41, 5.74) is 1.49. The van der Waals surface area contributed by atoms with Crippen molar-refractivity contribution in [2.45, 2.75) is 25.2 Å². The van der Waals surface area contributed by atoms with Crippen molar-refractivity contribution in [3.8, 4) is 0 Å². The first kappa shape index (κ1) is 17.2. The van der Waals surface area contributed by atoms with Gasteiger partial charge in [0.25, 0.3) is 5.56 Å². The molecule has 0 fully saturated rings. The summed E-state index contributed by atoms with van der Waals surface area (Å²) >= 11 is 1.22. The fourth-order valence-corrected chi connectivity index (χ4v) is 3.30. The van der Waals surface area contributed by atoms with Crippen molar-refractivity contribution in [2.24, 2.45) is 0 Å². The van der Waals surface area contributed by atoms with Crippen molar-refractivity contribution in [3.05, 3.63) is 70.5 Å². The van der Waals surface area contributed by atoms with Gasteiger partial charge in [-0.15, -0.1) is 0 Å². The van der Waals surface area contributed by atoms with Gasteiger partial charge in [-0.3, -0.25) is 14.2 Å². The molecule has 128 valence electrons. The van der Waals surface area contributed by atoms with E-state index in [2.05, 4.69) is 4.98 Å². The number of hydrogen-bond acceptors (Lipinski definition) is 5. The summed E-state index contributed by atoms with van der Waals surface area (Å²) in [5, 5.41) is 1.11. The maximum absolute atomic E-state index is 12.5. The zero-order chi connectivity index (χ0) is 17.6. The Morgan fingerprint density at radius 3 is 2.60 bits per heavy atom. The van der Waals surface area contributed by atoms with Crippen molar-refractivity contribution < 1.29 is 9.53 Å². The van der Waals surface area contributed by atoms with E-state index in [1.54, 1.807) is 16.7 Å². The lowest BCUT2D eigenvalue weighted by Gasteiger charge is -2.11. The molecular formula is C19H18N2O3S. The van der Waals surface area contributed by atoms with Crippen LogP contribution in [0.15, 0.2) is 64.5 Å². The average Bonchev–Trinajstić information content (AvgIpc) is 2.65. The monoisotopic (exact) mass is 354 g/mol. The predicted octanol–water partition coefficient (Wildman–Crippen LogP) is 3.25. The molecule has 3 aromatic rings. The third kappa shape index (κ3) is 4.09. The summed E-state index contributed by atoms with van der Waals surface area (Å²) in [6, 6.07) is 16.7. The highest BCUT2D eigenvalue weighted by Crippen LogP contribution is 2.18. The minimum atomic E-state index is -0.334. The highest BCUT2D eigenvalue weighted by Gasteiger charge is 2.12.